The Balaban J connectivity index is 2.64. The highest BCUT2D eigenvalue weighted by molar-refractivity contribution is 7.89. The van der Waals surface area contributed by atoms with E-state index in [1.54, 1.807) is 0 Å². The maximum Gasteiger partial charge on any atom is 0.240 e. The molecular formula is C15H24N2O5S. The average molecular weight is 344 g/mol. The first-order chi connectivity index (χ1) is 10.8. The second-order valence-electron chi connectivity index (χ2n) is 5.36. The Labute approximate surface area is 137 Å². The number of amides is 1. The van der Waals surface area contributed by atoms with Gasteiger partial charge in [-0.05, 0) is 18.1 Å². The maximum atomic E-state index is 12.2. The summed E-state index contributed by atoms with van der Waals surface area (Å²) < 4.78 is 37.0. The van der Waals surface area contributed by atoms with E-state index in [2.05, 4.69) is 10.0 Å². The lowest BCUT2D eigenvalue weighted by Crippen LogP contribution is -2.32. The maximum absolute atomic E-state index is 12.2. The normalized spacial score (nSPS) is 11.3. The van der Waals surface area contributed by atoms with Crippen LogP contribution in [0.4, 0.5) is 0 Å². The molecule has 0 bridgehead atoms. The van der Waals surface area contributed by atoms with Crippen molar-refractivity contribution >= 4 is 15.9 Å². The van der Waals surface area contributed by atoms with Gasteiger partial charge in [-0.25, -0.2) is 13.1 Å². The van der Waals surface area contributed by atoms with E-state index in [-0.39, 0.29) is 23.8 Å². The van der Waals surface area contributed by atoms with Crippen molar-refractivity contribution in [2.24, 2.45) is 5.92 Å². The summed E-state index contributed by atoms with van der Waals surface area (Å²) in [6.07, 6.45) is 0.0826. The van der Waals surface area contributed by atoms with Crippen molar-refractivity contribution in [1.29, 1.82) is 0 Å². The van der Waals surface area contributed by atoms with E-state index in [4.69, 9.17) is 9.47 Å². The number of hydrogen-bond acceptors (Lipinski definition) is 5. The zero-order valence-corrected chi connectivity index (χ0v) is 14.7. The molecule has 0 aromatic heterocycles. The van der Waals surface area contributed by atoms with E-state index in [0.717, 1.165) is 0 Å². The van der Waals surface area contributed by atoms with E-state index in [1.165, 1.54) is 32.4 Å². The van der Waals surface area contributed by atoms with E-state index in [0.29, 0.717) is 24.0 Å². The number of ether oxygens (including phenoxy) is 2. The fraction of sp³-hybridized carbons (Fsp3) is 0.533. The summed E-state index contributed by atoms with van der Waals surface area (Å²) in [5.74, 6) is 0.931. The molecule has 0 aliphatic heterocycles. The number of carbonyl (C=O) groups excluding carboxylic acids is 1. The molecule has 8 heteroatoms. The van der Waals surface area contributed by atoms with Crippen molar-refractivity contribution in [3.63, 3.8) is 0 Å². The minimum absolute atomic E-state index is 0.0284. The first-order valence-corrected chi connectivity index (χ1v) is 8.77. The molecule has 0 saturated heterocycles. The first-order valence-electron chi connectivity index (χ1n) is 7.28. The van der Waals surface area contributed by atoms with Gasteiger partial charge in [0.25, 0.3) is 0 Å². The van der Waals surface area contributed by atoms with Gasteiger partial charge >= 0.3 is 0 Å². The summed E-state index contributed by atoms with van der Waals surface area (Å²) in [4.78, 5) is 11.6. The van der Waals surface area contributed by atoms with Crippen LogP contribution in [0.15, 0.2) is 23.1 Å². The van der Waals surface area contributed by atoms with Crippen LogP contribution in [0, 0.1) is 5.92 Å². The van der Waals surface area contributed by atoms with Gasteiger partial charge in [0.05, 0.1) is 19.1 Å². The van der Waals surface area contributed by atoms with Gasteiger partial charge in [-0.2, -0.15) is 0 Å². The molecule has 23 heavy (non-hydrogen) atoms. The molecule has 1 rings (SSSR count). The van der Waals surface area contributed by atoms with E-state index < -0.39 is 10.0 Å². The van der Waals surface area contributed by atoms with Crippen LogP contribution in [0.5, 0.6) is 11.5 Å². The topological polar surface area (TPSA) is 93.7 Å². The van der Waals surface area contributed by atoms with Crippen LogP contribution in [0.25, 0.3) is 0 Å². The van der Waals surface area contributed by atoms with Crippen LogP contribution in [-0.4, -0.2) is 41.6 Å². The number of carbonyl (C=O) groups is 1. The highest BCUT2D eigenvalue weighted by atomic mass is 32.2. The van der Waals surface area contributed by atoms with Crippen molar-refractivity contribution in [3.05, 3.63) is 18.2 Å². The summed E-state index contributed by atoms with van der Waals surface area (Å²) in [6, 6.07) is 4.31. The zero-order valence-electron chi connectivity index (χ0n) is 13.9. The smallest absolute Gasteiger partial charge is 0.240 e. The van der Waals surface area contributed by atoms with Crippen LogP contribution in [-0.2, 0) is 14.8 Å². The predicted molar refractivity (Wildman–Crippen MR) is 87.2 cm³/mol. The molecule has 0 fully saturated rings. The Morgan fingerprint density at radius 1 is 1.17 bits per heavy atom. The number of hydrogen-bond donors (Lipinski definition) is 2. The minimum Gasteiger partial charge on any atom is -0.493 e. The number of sulfonamides is 1. The molecule has 0 unspecified atom stereocenters. The Hall–Kier alpha value is -1.80. The third-order valence-corrected chi connectivity index (χ3v) is 4.48. The summed E-state index contributed by atoms with van der Waals surface area (Å²) >= 11 is 0. The number of benzene rings is 1. The fourth-order valence-electron chi connectivity index (χ4n) is 1.77. The number of methoxy groups -OCH3 is 2. The SMILES string of the molecule is COc1ccc(S(=O)(=O)NCCC(=O)NCC(C)C)cc1OC. The second kappa shape index (κ2) is 8.73. The largest absolute Gasteiger partial charge is 0.493 e. The molecule has 0 aliphatic rings. The van der Waals surface area contributed by atoms with Crippen molar-refractivity contribution in [2.75, 3.05) is 27.3 Å². The second-order valence-corrected chi connectivity index (χ2v) is 7.13. The molecule has 1 aromatic carbocycles. The molecule has 2 N–H and O–H groups in total. The summed E-state index contributed by atoms with van der Waals surface area (Å²) in [5.41, 5.74) is 0. The van der Waals surface area contributed by atoms with Gasteiger partial charge in [-0.3, -0.25) is 4.79 Å². The summed E-state index contributed by atoms with van der Waals surface area (Å²) in [6.45, 7) is 4.57. The monoisotopic (exact) mass is 344 g/mol. The van der Waals surface area contributed by atoms with Crippen LogP contribution in [0.2, 0.25) is 0 Å². The predicted octanol–water partition coefficient (Wildman–Crippen LogP) is 1.14. The molecule has 130 valence electrons. The summed E-state index contributed by atoms with van der Waals surface area (Å²) in [5, 5.41) is 2.73. The quantitative estimate of drug-likeness (QED) is 0.701. The average Bonchev–Trinajstić information content (AvgIpc) is 2.51. The molecule has 0 spiro atoms. The van der Waals surface area contributed by atoms with Crippen molar-refractivity contribution in [3.8, 4) is 11.5 Å². The molecule has 7 nitrogen and oxygen atoms in total. The molecule has 0 aliphatic carbocycles. The van der Waals surface area contributed by atoms with Gasteiger partial charge in [0.15, 0.2) is 11.5 Å². The number of rotatable bonds is 9. The Kier molecular flexibility index (Phi) is 7.31. The highest BCUT2D eigenvalue weighted by Gasteiger charge is 2.17. The van der Waals surface area contributed by atoms with Crippen LogP contribution < -0.4 is 19.5 Å². The summed E-state index contributed by atoms with van der Waals surface area (Å²) in [7, 11) is -0.807. The Morgan fingerprint density at radius 3 is 2.39 bits per heavy atom. The lowest BCUT2D eigenvalue weighted by Gasteiger charge is -2.11. The molecule has 0 saturated carbocycles. The molecule has 0 atom stereocenters. The first kappa shape index (κ1) is 19.2. The van der Waals surface area contributed by atoms with Gasteiger partial charge in [-0.15, -0.1) is 0 Å². The van der Waals surface area contributed by atoms with E-state index >= 15 is 0 Å². The van der Waals surface area contributed by atoms with Crippen molar-refractivity contribution < 1.29 is 22.7 Å². The standard InChI is InChI=1S/C15H24N2O5S/c1-11(2)10-16-15(18)7-8-17-23(19,20)12-5-6-13(21-3)14(9-12)22-4/h5-6,9,11,17H,7-8,10H2,1-4H3,(H,16,18). The van der Waals surface area contributed by atoms with Gasteiger partial charge in [0, 0.05) is 25.6 Å². The fourth-order valence-corrected chi connectivity index (χ4v) is 2.82. The van der Waals surface area contributed by atoms with Crippen LogP contribution >= 0.6 is 0 Å². The molecule has 1 aromatic rings. The van der Waals surface area contributed by atoms with Gasteiger partial charge in [0.2, 0.25) is 15.9 Å². The lowest BCUT2D eigenvalue weighted by molar-refractivity contribution is -0.121. The van der Waals surface area contributed by atoms with Crippen LogP contribution in [0.3, 0.4) is 0 Å². The van der Waals surface area contributed by atoms with E-state index in [1.807, 2.05) is 13.8 Å². The molecule has 0 heterocycles. The third kappa shape index (κ3) is 6.07. The van der Waals surface area contributed by atoms with Gasteiger partial charge < -0.3 is 14.8 Å². The Bertz CT molecular complexity index is 629. The highest BCUT2D eigenvalue weighted by Crippen LogP contribution is 2.29. The Morgan fingerprint density at radius 2 is 1.83 bits per heavy atom. The molecule has 0 radical (unpaired) electrons. The molecular weight excluding hydrogens is 320 g/mol. The molecule has 1 amide bonds. The van der Waals surface area contributed by atoms with E-state index in [9.17, 15) is 13.2 Å². The van der Waals surface area contributed by atoms with Gasteiger partial charge in [0.1, 0.15) is 0 Å². The number of nitrogens with one attached hydrogen (secondary N) is 2. The zero-order chi connectivity index (χ0) is 17.5. The van der Waals surface area contributed by atoms with Crippen molar-refractivity contribution in [1.82, 2.24) is 10.0 Å². The minimum atomic E-state index is -3.71. The van der Waals surface area contributed by atoms with Crippen LogP contribution in [0.1, 0.15) is 20.3 Å². The van der Waals surface area contributed by atoms with Crippen molar-refractivity contribution in [2.45, 2.75) is 25.2 Å². The van der Waals surface area contributed by atoms with Gasteiger partial charge in [-0.1, -0.05) is 13.8 Å². The lowest BCUT2D eigenvalue weighted by atomic mass is 10.2. The third-order valence-electron chi connectivity index (χ3n) is 3.02.